The Bertz CT molecular complexity index is 333. The molecule has 18 heavy (non-hydrogen) atoms. The lowest BCUT2D eigenvalue weighted by molar-refractivity contribution is 0.0324. The van der Waals surface area contributed by atoms with Crippen LogP contribution < -0.4 is 10.0 Å². The minimum absolute atomic E-state index is 0.0279. The fraction of sp³-hybridized carbons (Fsp3) is 1.00. The van der Waals surface area contributed by atoms with E-state index in [0.29, 0.717) is 19.1 Å². The van der Waals surface area contributed by atoms with Crippen molar-refractivity contribution >= 4 is 10.0 Å². The zero-order chi connectivity index (χ0) is 12.8. The van der Waals surface area contributed by atoms with Gasteiger partial charge in [0.2, 0.25) is 10.0 Å². The minimum atomic E-state index is -3.14. The first-order chi connectivity index (χ1) is 8.66. The van der Waals surface area contributed by atoms with Crippen LogP contribution in [0.4, 0.5) is 0 Å². The van der Waals surface area contributed by atoms with E-state index in [0.717, 1.165) is 25.9 Å². The standard InChI is InChI=1S/C12H24N2O3S/c15-18(16,10-11-4-2-1-3-5-11)14-9-12-8-13-6-7-17-12/h11-14H,1-10H2. The fourth-order valence-corrected chi connectivity index (χ4v) is 4.21. The molecule has 2 fully saturated rings. The van der Waals surface area contributed by atoms with Gasteiger partial charge < -0.3 is 10.1 Å². The summed E-state index contributed by atoms with van der Waals surface area (Å²) in [5.41, 5.74) is 0. The average molecular weight is 276 g/mol. The maximum Gasteiger partial charge on any atom is 0.211 e. The Morgan fingerprint density at radius 2 is 2.00 bits per heavy atom. The van der Waals surface area contributed by atoms with E-state index in [1.807, 2.05) is 0 Å². The van der Waals surface area contributed by atoms with Gasteiger partial charge in [0.15, 0.2) is 0 Å². The third-order valence-electron chi connectivity index (χ3n) is 3.72. The zero-order valence-electron chi connectivity index (χ0n) is 10.9. The highest BCUT2D eigenvalue weighted by atomic mass is 32.2. The first-order valence-corrected chi connectivity index (χ1v) is 8.60. The molecule has 1 atom stereocenters. The van der Waals surface area contributed by atoms with Crippen LogP contribution in [0.1, 0.15) is 32.1 Å². The highest BCUT2D eigenvalue weighted by Gasteiger charge is 2.22. The number of morpholine rings is 1. The molecule has 2 aliphatic rings. The number of hydrogen-bond acceptors (Lipinski definition) is 4. The predicted octanol–water partition coefficient (Wildman–Crippen LogP) is 0.475. The molecule has 0 aromatic carbocycles. The summed E-state index contributed by atoms with van der Waals surface area (Å²) >= 11 is 0. The molecule has 1 aliphatic heterocycles. The molecule has 6 heteroatoms. The maximum atomic E-state index is 12.0. The van der Waals surface area contributed by atoms with Crippen LogP contribution in [0.2, 0.25) is 0 Å². The summed E-state index contributed by atoms with van der Waals surface area (Å²) in [5, 5.41) is 3.19. The van der Waals surface area contributed by atoms with E-state index in [1.165, 1.54) is 19.3 Å². The number of hydrogen-bond donors (Lipinski definition) is 2. The third kappa shape index (κ3) is 4.84. The van der Waals surface area contributed by atoms with E-state index in [9.17, 15) is 8.42 Å². The lowest BCUT2D eigenvalue weighted by Gasteiger charge is -2.25. The van der Waals surface area contributed by atoms with E-state index >= 15 is 0 Å². The number of sulfonamides is 1. The molecule has 0 bridgehead atoms. The Labute approximate surface area is 110 Å². The zero-order valence-corrected chi connectivity index (χ0v) is 11.7. The van der Waals surface area contributed by atoms with Gasteiger partial charge in [0.05, 0.1) is 18.5 Å². The molecular weight excluding hydrogens is 252 g/mol. The summed E-state index contributed by atoms with van der Waals surface area (Å²) in [4.78, 5) is 0. The van der Waals surface area contributed by atoms with Crippen LogP contribution in [0, 0.1) is 5.92 Å². The third-order valence-corrected chi connectivity index (χ3v) is 5.23. The molecule has 1 heterocycles. The Hall–Kier alpha value is -0.170. The highest BCUT2D eigenvalue weighted by molar-refractivity contribution is 7.89. The summed E-state index contributed by atoms with van der Waals surface area (Å²) in [5.74, 6) is 0.634. The van der Waals surface area contributed by atoms with Gasteiger partial charge >= 0.3 is 0 Å². The molecule has 2 N–H and O–H groups in total. The van der Waals surface area contributed by atoms with Crippen molar-refractivity contribution in [3.8, 4) is 0 Å². The van der Waals surface area contributed by atoms with Gasteiger partial charge in [-0.25, -0.2) is 13.1 Å². The Morgan fingerprint density at radius 3 is 2.67 bits per heavy atom. The first-order valence-electron chi connectivity index (χ1n) is 6.95. The second kappa shape index (κ2) is 6.84. The van der Waals surface area contributed by atoms with E-state index in [-0.39, 0.29) is 11.9 Å². The quantitative estimate of drug-likeness (QED) is 0.766. The van der Waals surface area contributed by atoms with Crippen LogP contribution in [0.25, 0.3) is 0 Å². The predicted molar refractivity (Wildman–Crippen MR) is 71.0 cm³/mol. The number of ether oxygens (including phenoxy) is 1. The summed E-state index contributed by atoms with van der Waals surface area (Å²) < 4.78 is 32.1. The van der Waals surface area contributed by atoms with E-state index < -0.39 is 10.0 Å². The maximum absolute atomic E-state index is 12.0. The van der Waals surface area contributed by atoms with Gasteiger partial charge in [-0.15, -0.1) is 0 Å². The Morgan fingerprint density at radius 1 is 1.22 bits per heavy atom. The van der Waals surface area contributed by atoms with Crippen molar-refractivity contribution in [3.05, 3.63) is 0 Å². The molecule has 0 radical (unpaired) electrons. The lowest BCUT2D eigenvalue weighted by atomic mass is 9.91. The van der Waals surface area contributed by atoms with Crippen LogP contribution in [0.5, 0.6) is 0 Å². The van der Waals surface area contributed by atoms with Crippen molar-refractivity contribution in [1.82, 2.24) is 10.0 Å². The summed E-state index contributed by atoms with van der Waals surface area (Å²) in [6, 6.07) is 0. The van der Waals surface area contributed by atoms with Crippen molar-refractivity contribution < 1.29 is 13.2 Å². The largest absolute Gasteiger partial charge is 0.374 e. The van der Waals surface area contributed by atoms with E-state index in [4.69, 9.17) is 4.74 Å². The Kier molecular flexibility index (Phi) is 5.41. The van der Waals surface area contributed by atoms with Crippen molar-refractivity contribution in [3.63, 3.8) is 0 Å². The van der Waals surface area contributed by atoms with Gasteiger partial charge in [-0.3, -0.25) is 0 Å². The molecule has 0 aromatic rings. The van der Waals surface area contributed by atoms with Gasteiger partial charge in [-0.1, -0.05) is 19.3 Å². The molecule has 0 aromatic heterocycles. The second-order valence-electron chi connectivity index (χ2n) is 5.33. The van der Waals surface area contributed by atoms with Crippen LogP contribution in [-0.4, -0.2) is 46.5 Å². The topological polar surface area (TPSA) is 67.4 Å². The molecule has 2 rings (SSSR count). The molecule has 0 amide bonds. The minimum Gasteiger partial charge on any atom is -0.374 e. The number of nitrogens with one attached hydrogen (secondary N) is 2. The van der Waals surface area contributed by atoms with Gasteiger partial charge in [0.25, 0.3) is 0 Å². The molecule has 106 valence electrons. The van der Waals surface area contributed by atoms with Crippen LogP contribution >= 0.6 is 0 Å². The van der Waals surface area contributed by atoms with Crippen molar-refractivity contribution in [2.75, 3.05) is 32.0 Å². The van der Waals surface area contributed by atoms with Gasteiger partial charge in [0, 0.05) is 19.6 Å². The molecular formula is C12H24N2O3S. The summed E-state index contributed by atoms with van der Waals surface area (Å²) in [7, 11) is -3.14. The fourth-order valence-electron chi connectivity index (χ4n) is 2.69. The summed E-state index contributed by atoms with van der Waals surface area (Å²) in [6.45, 7) is 2.63. The molecule has 1 saturated heterocycles. The lowest BCUT2D eigenvalue weighted by Crippen LogP contribution is -2.45. The Balaban J connectivity index is 1.72. The van der Waals surface area contributed by atoms with Crippen LogP contribution in [-0.2, 0) is 14.8 Å². The van der Waals surface area contributed by atoms with Crippen molar-refractivity contribution in [2.24, 2.45) is 5.92 Å². The average Bonchev–Trinajstić information content (AvgIpc) is 2.38. The number of rotatable bonds is 5. The molecule has 1 saturated carbocycles. The monoisotopic (exact) mass is 276 g/mol. The first kappa shape index (κ1) is 14.2. The van der Waals surface area contributed by atoms with E-state index in [2.05, 4.69) is 10.0 Å². The highest BCUT2D eigenvalue weighted by Crippen LogP contribution is 2.24. The van der Waals surface area contributed by atoms with E-state index in [1.54, 1.807) is 0 Å². The molecule has 5 nitrogen and oxygen atoms in total. The van der Waals surface area contributed by atoms with Crippen molar-refractivity contribution in [1.29, 1.82) is 0 Å². The van der Waals surface area contributed by atoms with Crippen LogP contribution in [0.3, 0.4) is 0 Å². The smallest absolute Gasteiger partial charge is 0.211 e. The molecule has 0 spiro atoms. The summed E-state index contributed by atoms with van der Waals surface area (Å²) in [6.07, 6.45) is 5.70. The normalized spacial score (nSPS) is 27.2. The van der Waals surface area contributed by atoms with Crippen LogP contribution in [0.15, 0.2) is 0 Å². The SMILES string of the molecule is O=S(=O)(CC1CCCCC1)NCC1CNCCO1. The molecule has 1 unspecified atom stereocenters. The van der Waals surface area contributed by atoms with Gasteiger partial charge in [0.1, 0.15) is 0 Å². The molecule has 1 aliphatic carbocycles. The van der Waals surface area contributed by atoms with Gasteiger partial charge in [-0.2, -0.15) is 0 Å². The van der Waals surface area contributed by atoms with Crippen molar-refractivity contribution in [2.45, 2.75) is 38.2 Å². The second-order valence-corrected chi connectivity index (χ2v) is 7.18. The van der Waals surface area contributed by atoms with Gasteiger partial charge in [-0.05, 0) is 18.8 Å².